The lowest BCUT2D eigenvalue weighted by molar-refractivity contribution is 0.0994. The molecular weight excluding hydrogens is 379 g/mol. The zero-order valence-corrected chi connectivity index (χ0v) is 14.5. The van der Waals surface area contributed by atoms with E-state index in [-0.39, 0.29) is 11.0 Å². The number of Topliss-reactive ketones (excluding diaryl/α,β-unsaturated/α-hetero) is 1. The summed E-state index contributed by atoms with van der Waals surface area (Å²) in [4.78, 5) is 13.2. The summed E-state index contributed by atoms with van der Waals surface area (Å²) in [5.41, 5.74) is 0.686. The van der Waals surface area contributed by atoms with Gasteiger partial charge in [0.05, 0.1) is 10.3 Å². The molecule has 0 N–H and O–H groups in total. The molecule has 2 aromatic rings. The minimum Gasteiger partial charge on any atom is -0.293 e. The first-order valence-corrected chi connectivity index (χ1v) is 8.31. The van der Waals surface area contributed by atoms with Crippen LogP contribution in [0.3, 0.4) is 0 Å². The van der Waals surface area contributed by atoms with Crippen LogP contribution in [0.2, 0.25) is 10.0 Å². The first-order chi connectivity index (χ1) is 9.47. The van der Waals surface area contributed by atoms with Crippen molar-refractivity contribution in [2.75, 3.05) is 0 Å². The van der Waals surface area contributed by atoms with Gasteiger partial charge in [0.1, 0.15) is 0 Å². The van der Waals surface area contributed by atoms with Gasteiger partial charge in [-0.1, -0.05) is 51.3 Å². The molecule has 0 radical (unpaired) electrons. The van der Waals surface area contributed by atoms with Crippen LogP contribution in [0.4, 0.5) is 0 Å². The van der Waals surface area contributed by atoms with Gasteiger partial charge in [-0.15, -0.1) is 11.8 Å². The summed E-state index contributed by atoms with van der Waals surface area (Å²) in [5.74, 6) is 0.0681. The second kappa shape index (κ2) is 6.99. The minimum absolute atomic E-state index is 0.0681. The Morgan fingerprint density at radius 2 is 1.80 bits per heavy atom. The van der Waals surface area contributed by atoms with Crippen LogP contribution in [0.15, 0.2) is 51.8 Å². The molecule has 0 bridgehead atoms. The first-order valence-electron chi connectivity index (χ1n) is 5.89. The summed E-state index contributed by atoms with van der Waals surface area (Å²) in [7, 11) is 0. The maximum atomic E-state index is 12.3. The van der Waals surface area contributed by atoms with Crippen molar-refractivity contribution in [3.05, 3.63) is 62.5 Å². The van der Waals surface area contributed by atoms with Crippen molar-refractivity contribution in [1.29, 1.82) is 0 Å². The maximum Gasteiger partial charge on any atom is 0.175 e. The lowest BCUT2D eigenvalue weighted by atomic mass is 10.1. The van der Waals surface area contributed by atoms with Crippen LogP contribution in [-0.4, -0.2) is 11.0 Å². The summed E-state index contributed by atoms with van der Waals surface area (Å²) in [5, 5.41) is 0.988. The lowest BCUT2D eigenvalue weighted by Crippen LogP contribution is -2.13. The molecule has 104 valence electrons. The normalized spacial score (nSPS) is 12.2. The van der Waals surface area contributed by atoms with Gasteiger partial charge in [-0.2, -0.15) is 0 Å². The number of ketones is 1. The van der Waals surface area contributed by atoms with Gasteiger partial charge in [-0.3, -0.25) is 4.79 Å². The number of thioether (sulfide) groups is 1. The van der Waals surface area contributed by atoms with Gasteiger partial charge in [0.15, 0.2) is 5.78 Å². The summed E-state index contributed by atoms with van der Waals surface area (Å²) >= 11 is 16.8. The van der Waals surface area contributed by atoms with Gasteiger partial charge in [-0.25, -0.2) is 0 Å². The highest BCUT2D eigenvalue weighted by molar-refractivity contribution is 9.10. The van der Waals surface area contributed by atoms with E-state index in [2.05, 4.69) is 15.9 Å². The van der Waals surface area contributed by atoms with Crippen molar-refractivity contribution in [1.82, 2.24) is 0 Å². The topological polar surface area (TPSA) is 17.1 Å². The third kappa shape index (κ3) is 4.01. The first kappa shape index (κ1) is 15.9. The highest BCUT2D eigenvalue weighted by Gasteiger charge is 2.17. The molecule has 0 saturated heterocycles. The standard InChI is InChI=1S/C15H11BrCl2OS/c1-9(15(19)10-2-4-11(16)5-3-10)20-14-8-12(17)6-7-13(14)18/h2-9H,1H3. The molecular formula is C15H11BrCl2OS. The van der Waals surface area contributed by atoms with Crippen molar-refractivity contribution < 1.29 is 4.79 Å². The Hall–Kier alpha value is -0.480. The Balaban J connectivity index is 2.15. The molecule has 1 nitrogen and oxygen atoms in total. The average molecular weight is 390 g/mol. The highest BCUT2D eigenvalue weighted by atomic mass is 79.9. The van der Waals surface area contributed by atoms with Crippen molar-refractivity contribution in [3.8, 4) is 0 Å². The van der Waals surface area contributed by atoms with Crippen LogP contribution < -0.4 is 0 Å². The highest BCUT2D eigenvalue weighted by Crippen LogP contribution is 2.33. The average Bonchev–Trinajstić information content (AvgIpc) is 2.43. The van der Waals surface area contributed by atoms with Crippen LogP contribution in [0.5, 0.6) is 0 Å². The van der Waals surface area contributed by atoms with Gasteiger partial charge in [0.2, 0.25) is 0 Å². The van der Waals surface area contributed by atoms with E-state index in [9.17, 15) is 4.79 Å². The fraction of sp³-hybridized carbons (Fsp3) is 0.133. The van der Waals surface area contributed by atoms with Crippen molar-refractivity contribution in [3.63, 3.8) is 0 Å². The number of carbonyl (C=O) groups is 1. The number of halogens is 3. The van der Waals surface area contributed by atoms with E-state index in [4.69, 9.17) is 23.2 Å². The zero-order valence-electron chi connectivity index (χ0n) is 10.6. The van der Waals surface area contributed by atoms with E-state index in [1.165, 1.54) is 11.8 Å². The SMILES string of the molecule is CC(Sc1cc(Cl)ccc1Cl)C(=O)c1ccc(Br)cc1. The summed E-state index contributed by atoms with van der Waals surface area (Å²) in [6.07, 6.45) is 0. The third-order valence-corrected chi connectivity index (χ3v) is 5.06. The van der Waals surface area contributed by atoms with E-state index in [1.807, 2.05) is 31.2 Å². The van der Waals surface area contributed by atoms with Crippen molar-refractivity contribution in [2.45, 2.75) is 17.1 Å². The molecule has 0 aliphatic rings. The number of hydrogen-bond acceptors (Lipinski definition) is 2. The van der Waals surface area contributed by atoms with Crippen LogP contribution in [-0.2, 0) is 0 Å². The predicted molar refractivity (Wildman–Crippen MR) is 90.3 cm³/mol. The van der Waals surface area contributed by atoms with E-state index in [1.54, 1.807) is 18.2 Å². The van der Waals surface area contributed by atoms with E-state index in [0.29, 0.717) is 15.6 Å². The van der Waals surface area contributed by atoms with Gasteiger partial charge in [0.25, 0.3) is 0 Å². The van der Waals surface area contributed by atoms with Crippen LogP contribution in [0, 0.1) is 0 Å². The quantitative estimate of drug-likeness (QED) is 0.462. The smallest absolute Gasteiger partial charge is 0.175 e. The minimum atomic E-state index is -0.229. The van der Waals surface area contributed by atoms with E-state index >= 15 is 0 Å². The van der Waals surface area contributed by atoms with Gasteiger partial charge >= 0.3 is 0 Å². The third-order valence-electron chi connectivity index (χ3n) is 2.69. The monoisotopic (exact) mass is 388 g/mol. The van der Waals surface area contributed by atoms with E-state index < -0.39 is 0 Å². The number of rotatable bonds is 4. The molecule has 1 atom stereocenters. The summed E-state index contributed by atoms with van der Waals surface area (Å²) in [6.45, 7) is 1.87. The predicted octanol–water partition coefficient (Wildman–Crippen LogP) is 6.12. The molecule has 5 heteroatoms. The van der Waals surface area contributed by atoms with Crippen molar-refractivity contribution in [2.24, 2.45) is 0 Å². The number of hydrogen-bond donors (Lipinski definition) is 0. The van der Waals surface area contributed by atoms with Gasteiger partial charge in [0, 0.05) is 20.0 Å². The second-order valence-corrected chi connectivity index (χ2v) is 7.35. The second-order valence-electron chi connectivity index (χ2n) is 4.21. The van der Waals surface area contributed by atoms with Crippen LogP contribution in [0.25, 0.3) is 0 Å². The fourth-order valence-corrected chi connectivity index (χ4v) is 3.41. The number of benzene rings is 2. The largest absolute Gasteiger partial charge is 0.293 e. The molecule has 0 aliphatic heterocycles. The van der Waals surface area contributed by atoms with Crippen LogP contribution in [0.1, 0.15) is 17.3 Å². The molecule has 0 aliphatic carbocycles. The summed E-state index contributed by atoms with van der Waals surface area (Å²) in [6, 6.07) is 12.6. The molecule has 0 aromatic heterocycles. The Labute approximate surface area is 140 Å². The maximum absolute atomic E-state index is 12.3. The summed E-state index contributed by atoms with van der Waals surface area (Å²) < 4.78 is 0.951. The Morgan fingerprint density at radius 1 is 1.15 bits per heavy atom. The van der Waals surface area contributed by atoms with Crippen LogP contribution >= 0.6 is 50.9 Å². The molecule has 20 heavy (non-hydrogen) atoms. The molecule has 0 saturated carbocycles. The molecule has 0 amide bonds. The molecule has 1 unspecified atom stereocenters. The Kier molecular flexibility index (Phi) is 5.56. The Morgan fingerprint density at radius 3 is 2.45 bits per heavy atom. The van der Waals surface area contributed by atoms with E-state index in [0.717, 1.165) is 9.37 Å². The number of carbonyl (C=O) groups excluding carboxylic acids is 1. The molecule has 2 rings (SSSR count). The van der Waals surface area contributed by atoms with Gasteiger partial charge < -0.3 is 0 Å². The fourth-order valence-electron chi connectivity index (χ4n) is 1.66. The lowest BCUT2D eigenvalue weighted by Gasteiger charge is -2.12. The molecule has 0 fully saturated rings. The van der Waals surface area contributed by atoms with Gasteiger partial charge in [-0.05, 0) is 37.3 Å². The molecule has 0 heterocycles. The molecule has 0 spiro atoms. The zero-order chi connectivity index (χ0) is 14.7. The van der Waals surface area contributed by atoms with Crippen molar-refractivity contribution >= 4 is 56.7 Å². The Bertz CT molecular complexity index is 628. The molecule has 2 aromatic carbocycles.